The van der Waals surface area contributed by atoms with Crippen molar-refractivity contribution in [3.05, 3.63) is 100 Å². The highest BCUT2D eigenvalue weighted by Crippen LogP contribution is 2.71. The number of rotatable bonds is 3. The topological polar surface area (TPSA) is 64.7 Å². The minimum atomic E-state index is -0.504. The molecule has 2 fully saturated rings. The van der Waals surface area contributed by atoms with Crippen molar-refractivity contribution in [3.63, 3.8) is 0 Å². The standard InChI is InChI=1S/C27H24N2O3/c30-29(31)23-11-5-4-9-20(23)25-18-13-14-19(15-18)26-16-22(17-7-2-1-3-8-17)28-27(25,26)21-10-6-12-24(21)32-26/h1-9,11-14,18-19,21,24-25H,10,15-16H2/t18-,19+,21+,24-,25-,26-,27-/m1/s1. The van der Waals surface area contributed by atoms with Gasteiger partial charge in [-0.3, -0.25) is 15.1 Å². The fraction of sp³-hybridized carbons (Fsp3) is 0.370. The maximum atomic E-state index is 12.1. The molecule has 7 rings (SSSR count). The van der Waals surface area contributed by atoms with Gasteiger partial charge in [0.15, 0.2) is 0 Å². The van der Waals surface area contributed by atoms with Crippen LogP contribution in [0.2, 0.25) is 0 Å². The van der Waals surface area contributed by atoms with Gasteiger partial charge in [0.25, 0.3) is 5.69 Å². The number of para-hydroxylation sites is 1. The van der Waals surface area contributed by atoms with E-state index in [0.717, 1.165) is 36.1 Å². The van der Waals surface area contributed by atoms with Crippen molar-refractivity contribution in [2.45, 2.75) is 42.4 Å². The Morgan fingerprint density at radius 3 is 2.69 bits per heavy atom. The highest BCUT2D eigenvalue weighted by atomic mass is 16.6. The summed E-state index contributed by atoms with van der Waals surface area (Å²) in [5, 5.41) is 12.1. The molecule has 5 nitrogen and oxygen atoms in total. The van der Waals surface area contributed by atoms with Crippen LogP contribution in [0.3, 0.4) is 0 Å². The van der Waals surface area contributed by atoms with E-state index in [1.165, 1.54) is 0 Å². The molecular weight excluding hydrogens is 400 g/mol. The van der Waals surface area contributed by atoms with Crippen molar-refractivity contribution in [2.24, 2.45) is 22.7 Å². The molecule has 1 saturated carbocycles. The number of ether oxygens (including phenoxy) is 1. The maximum absolute atomic E-state index is 12.1. The lowest BCUT2D eigenvalue weighted by atomic mass is 9.53. The van der Waals surface area contributed by atoms with Crippen LogP contribution in [-0.2, 0) is 4.74 Å². The molecular formula is C27H24N2O3. The summed E-state index contributed by atoms with van der Waals surface area (Å²) in [6.07, 6.45) is 11.7. The Labute approximate surface area is 186 Å². The van der Waals surface area contributed by atoms with Gasteiger partial charge < -0.3 is 4.74 Å². The lowest BCUT2D eigenvalue weighted by molar-refractivity contribution is -0.386. The predicted octanol–water partition coefficient (Wildman–Crippen LogP) is 5.23. The van der Waals surface area contributed by atoms with Crippen LogP contribution in [0.25, 0.3) is 0 Å². The van der Waals surface area contributed by atoms with Crippen LogP contribution >= 0.6 is 0 Å². The smallest absolute Gasteiger partial charge is 0.272 e. The van der Waals surface area contributed by atoms with Gasteiger partial charge in [0.1, 0.15) is 11.1 Å². The molecule has 3 aliphatic carbocycles. The van der Waals surface area contributed by atoms with E-state index >= 15 is 0 Å². The molecule has 0 aromatic heterocycles. The first-order valence-electron chi connectivity index (χ1n) is 11.5. The molecule has 1 saturated heterocycles. The number of nitro benzene ring substituents is 1. The Kier molecular flexibility index (Phi) is 3.62. The number of allylic oxidation sites excluding steroid dienone is 2. The molecule has 0 unspecified atom stereocenters. The monoisotopic (exact) mass is 424 g/mol. The number of nitro groups is 1. The third kappa shape index (κ3) is 2.10. The van der Waals surface area contributed by atoms with Crippen LogP contribution in [-0.4, -0.2) is 27.9 Å². The van der Waals surface area contributed by atoms with Crippen molar-refractivity contribution in [3.8, 4) is 0 Å². The summed E-state index contributed by atoms with van der Waals surface area (Å²) in [4.78, 5) is 17.4. The van der Waals surface area contributed by atoms with E-state index in [0.29, 0.717) is 0 Å². The highest BCUT2D eigenvalue weighted by molar-refractivity contribution is 6.03. The molecule has 5 aliphatic rings. The molecule has 2 aromatic rings. The molecule has 0 radical (unpaired) electrons. The SMILES string of the molecule is O=[N+]([O-])c1ccccc1[C@H]1[C@@H]2C=C[C@@H](C2)[C@]23CC(c4ccccc4)=N[C@]12[C@H]1CC=C[C@H]1O3. The zero-order chi connectivity index (χ0) is 21.5. The fourth-order valence-electron chi connectivity index (χ4n) is 7.61. The van der Waals surface area contributed by atoms with Crippen molar-refractivity contribution < 1.29 is 9.66 Å². The van der Waals surface area contributed by atoms with Crippen molar-refractivity contribution in [1.82, 2.24) is 0 Å². The van der Waals surface area contributed by atoms with Gasteiger partial charge in [0, 0.05) is 41.5 Å². The molecule has 0 amide bonds. The number of nitrogens with zero attached hydrogens (tertiary/aromatic N) is 2. The Hall–Kier alpha value is -3.05. The van der Waals surface area contributed by atoms with E-state index in [2.05, 4.69) is 48.6 Å². The first-order chi connectivity index (χ1) is 15.6. The van der Waals surface area contributed by atoms with E-state index in [1.54, 1.807) is 12.1 Å². The number of hydrogen-bond acceptors (Lipinski definition) is 4. The van der Waals surface area contributed by atoms with Gasteiger partial charge in [-0.15, -0.1) is 0 Å². The van der Waals surface area contributed by atoms with E-state index in [9.17, 15) is 10.1 Å². The Morgan fingerprint density at radius 1 is 1.03 bits per heavy atom. The van der Waals surface area contributed by atoms with Gasteiger partial charge in [-0.1, -0.05) is 72.8 Å². The first kappa shape index (κ1) is 18.5. The number of hydrogen-bond donors (Lipinski definition) is 0. The normalized spacial score (nSPS) is 40.1. The summed E-state index contributed by atoms with van der Waals surface area (Å²) in [5.74, 6) is 0.653. The van der Waals surface area contributed by atoms with Crippen molar-refractivity contribution >= 4 is 11.4 Å². The van der Waals surface area contributed by atoms with Crippen LogP contribution in [0.4, 0.5) is 5.69 Å². The van der Waals surface area contributed by atoms with Crippen molar-refractivity contribution in [2.75, 3.05) is 0 Å². The molecule has 2 aliphatic heterocycles. The summed E-state index contributed by atoms with van der Waals surface area (Å²) < 4.78 is 7.00. The summed E-state index contributed by atoms with van der Waals surface area (Å²) in [5.41, 5.74) is 2.28. The quantitative estimate of drug-likeness (QED) is 0.385. The minimum Gasteiger partial charge on any atom is -0.364 e. The van der Waals surface area contributed by atoms with E-state index < -0.39 is 11.1 Å². The van der Waals surface area contributed by atoms with Gasteiger partial charge >= 0.3 is 0 Å². The van der Waals surface area contributed by atoms with Gasteiger partial charge in [-0.05, 0) is 24.3 Å². The molecule has 5 heteroatoms. The molecule has 0 spiro atoms. The Bertz CT molecular complexity index is 1220. The van der Waals surface area contributed by atoms with Gasteiger partial charge in [-0.2, -0.15) is 0 Å². The third-order valence-electron chi connectivity index (χ3n) is 8.65. The number of aliphatic imine (C=N–C) groups is 1. The molecule has 0 N–H and O–H groups in total. The summed E-state index contributed by atoms with van der Waals surface area (Å²) in [7, 11) is 0. The highest BCUT2D eigenvalue weighted by Gasteiger charge is 2.77. The summed E-state index contributed by atoms with van der Waals surface area (Å²) in [6, 6.07) is 17.7. The summed E-state index contributed by atoms with van der Waals surface area (Å²) in [6.45, 7) is 0. The Morgan fingerprint density at radius 2 is 1.84 bits per heavy atom. The lowest BCUT2D eigenvalue weighted by Crippen LogP contribution is -2.61. The molecule has 160 valence electrons. The summed E-state index contributed by atoms with van der Waals surface area (Å²) >= 11 is 0. The third-order valence-corrected chi connectivity index (χ3v) is 8.65. The van der Waals surface area contributed by atoms with E-state index in [4.69, 9.17) is 9.73 Å². The van der Waals surface area contributed by atoms with Crippen LogP contribution in [0.15, 0.2) is 83.9 Å². The van der Waals surface area contributed by atoms with Crippen LogP contribution < -0.4 is 0 Å². The molecule has 2 bridgehead atoms. The van der Waals surface area contributed by atoms with E-state index in [-0.39, 0.29) is 40.4 Å². The van der Waals surface area contributed by atoms with Crippen LogP contribution in [0.1, 0.15) is 36.3 Å². The zero-order valence-electron chi connectivity index (χ0n) is 17.6. The van der Waals surface area contributed by atoms with E-state index in [1.807, 2.05) is 18.2 Å². The number of fused-ring (bicyclic) bond motifs is 3. The second-order valence-electron chi connectivity index (χ2n) is 9.85. The average molecular weight is 425 g/mol. The Balaban J connectivity index is 1.51. The first-order valence-corrected chi connectivity index (χ1v) is 11.5. The van der Waals surface area contributed by atoms with Gasteiger partial charge in [0.05, 0.1) is 11.0 Å². The average Bonchev–Trinajstić information content (AvgIpc) is 3.56. The molecule has 32 heavy (non-hydrogen) atoms. The van der Waals surface area contributed by atoms with Gasteiger partial charge in [-0.25, -0.2) is 0 Å². The predicted molar refractivity (Wildman–Crippen MR) is 122 cm³/mol. The van der Waals surface area contributed by atoms with Crippen LogP contribution in [0.5, 0.6) is 0 Å². The molecule has 7 atom stereocenters. The maximum Gasteiger partial charge on any atom is 0.272 e. The van der Waals surface area contributed by atoms with Crippen LogP contribution in [0, 0.1) is 27.9 Å². The minimum absolute atomic E-state index is 0.0362. The van der Waals surface area contributed by atoms with Gasteiger partial charge in [0.2, 0.25) is 0 Å². The number of benzene rings is 2. The second-order valence-corrected chi connectivity index (χ2v) is 9.85. The zero-order valence-corrected chi connectivity index (χ0v) is 17.6. The largest absolute Gasteiger partial charge is 0.364 e. The fourth-order valence-corrected chi connectivity index (χ4v) is 7.61. The second kappa shape index (κ2) is 6.26. The molecule has 2 aromatic carbocycles. The lowest BCUT2D eigenvalue weighted by Gasteiger charge is -2.52. The van der Waals surface area contributed by atoms with Crippen molar-refractivity contribution in [1.29, 1.82) is 0 Å². The molecule has 2 heterocycles.